The van der Waals surface area contributed by atoms with Crippen molar-refractivity contribution < 1.29 is 18.7 Å². The summed E-state index contributed by atoms with van der Waals surface area (Å²) in [7, 11) is 0. The van der Waals surface area contributed by atoms with E-state index in [2.05, 4.69) is 15.6 Å². The van der Waals surface area contributed by atoms with Gasteiger partial charge in [-0.1, -0.05) is 11.6 Å². The fraction of sp³-hybridized carbons (Fsp3) is 0.571. The third kappa shape index (κ3) is 4.39. The van der Waals surface area contributed by atoms with Crippen molar-refractivity contribution in [3.8, 4) is 5.75 Å². The summed E-state index contributed by atoms with van der Waals surface area (Å²) in [6.07, 6.45) is 5.22. The zero-order valence-corrected chi connectivity index (χ0v) is 17.1. The SMILES string of the molecule is CC1CCCC(C(=O)NC23CC(C2)C(NC(=O)COc2ccc(Cl)c(F)c2)C3)=N1. The van der Waals surface area contributed by atoms with Gasteiger partial charge in [0.15, 0.2) is 6.61 Å². The molecule has 0 spiro atoms. The predicted octanol–water partition coefficient (Wildman–Crippen LogP) is 3.02. The lowest BCUT2D eigenvalue weighted by atomic mass is 9.76. The topological polar surface area (TPSA) is 79.8 Å². The van der Waals surface area contributed by atoms with Crippen molar-refractivity contribution in [1.82, 2.24) is 10.6 Å². The van der Waals surface area contributed by atoms with Gasteiger partial charge in [-0.25, -0.2) is 4.39 Å². The summed E-state index contributed by atoms with van der Waals surface area (Å²) in [6.45, 7) is 1.84. The Morgan fingerprint density at radius 3 is 2.86 bits per heavy atom. The van der Waals surface area contributed by atoms with Crippen LogP contribution in [-0.4, -0.2) is 41.8 Å². The van der Waals surface area contributed by atoms with Gasteiger partial charge in [-0.2, -0.15) is 0 Å². The maximum Gasteiger partial charge on any atom is 0.265 e. The monoisotopic (exact) mass is 421 g/mol. The zero-order valence-electron chi connectivity index (χ0n) is 16.3. The second kappa shape index (κ2) is 7.94. The molecule has 2 atom stereocenters. The van der Waals surface area contributed by atoms with E-state index in [0.29, 0.717) is 18.1 Å². The molecular formula is C21H25ClFN3O3. The Balaban J connectivity index is 1.26. The molecule has 3 saturated carbocycles. The summed E-state index contributed by atoms with van der Waals surface area (Å²) < 4.78 is 18.8. The fourth-order valence-corrected chi connectivity index (χ4v) is 4.83. The molecule has 1 aromatic carbocycles. The van der Waals surface area contributed by atoms with E-state index in [9.17, 15) is 14.0 Å². The van der Waals surface area contributed by atoms with Crippen molar-refractivity contribution in [3.05, 3.63) is 29.0 Å². The van der Waals surface area contributed by atoms with E-state index in [4.69, 9.17) is 16.3 Å². The Morgan fingerprint density at radius 1 is 1.34 bits per heavy atom. The molecule has 0 saturated heterocycles. The largest absolute Gasteiger partial charge is 0.484 e. The van der Waals surface area contributed by atoms with Crippen LogP contribution in [-0.2, 0) is 9.59 Å². The number of hydrogen-bond acceptors (Lipinski definition) is 4. The van der Waals surface area contributed by atoms with Gasteiger partial charge in [0.1, 0.15) is 11.6 Å². The number of aliphatic imine (C=N–C) groups is 1. The molecule has 8 heteroatoms. The minimum atomic E-state index is -0.587. The van der Waals surface area contributed by atoms with Crippen LogP contribution in [0, 0.1) is 11.7 Å². The normalized spacial score (nSPS) is 30.2. The molecule has 4 aliphatic rings. The summed E-state index contributed by atoms with van der Waals surface area (Å²) in [6, 6.07) is 4.28. The van der Waals surface area contributed by atoms with Crippen LogP contribution < -0.4 is 15.4 Å². The molecule has 1 aliphatic heterocycles. The van der Waals surface area contributed by atoms with Gasteiger partial charge in [0.05, 0.1) is 10.7 Å². The number of benzene rings is 1. The van der Waals surface area contributed by atoms with Gasteiger partial charge in [-0.05, 0) is 63.5 Å². The molecule has 5 rings (SSSR count). The average molecular weight is 422 g/mol. The molecule has 0 radical (unpaired) electrons. The van der Waals surface area contributed by atoms with Crippen LogP contribution in [0.4, 0.5) is 4.39 Å². The van der Waals surface area contributed by atoms with E-state index in [1.807, 2.05) is 6.92 Å². The number of nitrogens with one attached hydrogen (secondary N) is 2. The fourth-order valence-electron chi connectivity index (χ4n) is 4.71. The number of carbonyl (C=O) groups is 2. The molecule has 2 bridgehead atoms. The van der Waals surface area contributed by atoms with Gasteiger partial charge >= 0.3 is 0 Å². The van der Waals surface area contributed by atoms with Crippen molar-refractivity contribution in [1.29, 1.82) is 0 Å². The van der Waals surface area contributed by atoms with Gasteiger partial charge in [-0.3, -0.25) is 14.6 Å². The minimum Gasteiger partial charge on any atom is -0.484 e. The van der Waals surface area contributed by atoms with Gasteiger partial charge < -0.3 is 15.4 Å². The summed E-state index contributed by atoms with van der Waals surface area (Å²) in [5.41, 5.74) is 0.418. The summed E-state index contributed by atoms with van der Waals surface area (Å²) in [5, 5.41) is 6.17. The van der Waals surface area contributed by atoms with E-state index in [0.717, 1.165) is 38.2 Å². The third-order valence-corrected chi connectivity index (χ3v) is 6.45. The average Bonchev–Trinajstić information content (AvgIpc) is 3.16. The van der Waals surface area contributed by atoms with Crippen LogP contribution >= 0.6 is 11.6 Å². The van der Waals surface area contributed by atoms with Gasteiger partial charge in [0.25, 0.3) is 11.8 Å². The highest BCUT2D eigenvalue weighted by Crippen LogP contribution is 2.52. The third-order valence-electron chi connectivity index (χ3n) is 6.15. The van der Waals surface area contributed by atoms with Crippen molar-refractivity contribution >= 4 is 29.1 Å². The summed E-state index contributed by atoms with van der Waals surface area (Å²) >= 11 is 5.64. The molecule has 1 aromatic rings. The van der Waals surface area contributed by atoms with Crippen LogP contribution in [0.3, 0.4) is 0 Å². The quantitative estimate of drug-likeness (QED) is 0.741. The number of amides is 2. The van der Waals surface area contributed by atoms with Gasteiger partial charge in [0, 0.05) is 23.7 Å². The lowest BCUT2D eigenvalue weighted by Crippen LogP contribution is -2.54. The highest BCUT2D eigenvalue weighted by atomic mass is 35.5. The maximum absolute atomic E-state index is 13.4. The summed E-state index contributed by atoms with van der Waals surface area (Å²) in [4.78, 5) is 29.3. The minimum absolute atomic E-state index is 0.00789. The Morgan fingerprint density at radius 2 is 2.14 bits per heavy atom. The Bertz CT molecular complexity index is 854. The first-order valence-corrected chi connectivity index (χ1v) is 10.5. The molecule has 1 heterocycles. The summed E-state index contributed by atoms with van der Waals surface area (Å²) in [5.74, 6) is -0.292. The van der Waals surface area contributed by atoms with Crippen molar-refractivity contribution in [2.75, 3.05) is 6.61 Å². The number of hydrogen-bond donors (Lipinski definition) is 2. The molecule has 2 amide bonds. The molecule has 3 aliphatic carbocycles. The van der Waals surface area contributed by atoms with E-state index in [-0.39, 0.29) is 46.8 Å². The Hall–Kier alpha value is -2.15. The molecule has 0 aromatic heterocycles. The molecular weight excluding hydrogens is 397 g/mol. The number of rotatable bonds is 6. The first-order chi connectivity index (χ1) is 13.8. The second-order valence-corrected chi connectivity index (χ2v) is 8.87. The zero-order chi connectivity index (χ0) is 20.6. The van der Waals surface area contributed by atoms with E-state index in [1.54, 1.807) is 0 Å². The highest BCUT2D eigenvalue weighted by Gasteiger charge is 2.57. The first-order valence-electron chi connectivity index (χ1n) is 10.1. The second-order valence-electron chi connectivity index (χ2n) is 8.46. The Labute approximate surface area is 174 Å². The molecule has 29 heavy (non-hydrogen) atoms. The van der Waals surface area contributed by atoms with Crippen LogP contribution in [0.2, 0.25) is 5.02 Å². The van der Waals surface area contributed by atoms with Crippen LogP contribution in [0.15, 0.2) is 23.2 Å². The molecule has 6 nitrogen and oxygen atoms in total. The van der Waals surface area contributed by atoms with Crippen molar-refractivity contribution in [2.24, 2.45) is 10.9 Å². The smallest absolute Gasteiger partial charge is 0.265 e. The van der Waals surface area contributed by atoms with Crippen LogP contribution in [0.1, 0.15) is 45.4 Å². The predicted molar refractivity (Wildman–Crippen MR) is 108 cm³/mol. The number of carbonyl (C=O) groups excluding carboxylic acids is 2. The number of fused-ring (bicyclic) bond motifs is 1. The van der Waals surface area contributed by atoms with Crippen LogP contribution in [0.25, 0.3) is 0 Å². The lowest BCUT2D eigenvalue weighted by Gasteiger charge is -2.39. The van der Waals surface area contributed by atoms with Gasteiger partial charge in [0.2, 0.25) is 0 Å². The number of nitrogens with zero attached hydrogens (tertiary/aromatic N) is 1. The first kappa shape index (κ1) is 20.1. The molecule has 2 N–H and O–H groups in total. The highest BCUT2D eigenvalue weighted by molar-refractivity contribution is 6.39. The van der Waals surface area contributed by atoms with E-state index < -0.39 is 5.82 Å². The molecule has 2 unspecified atom stereocenters. The number of halogens is 2. The lowest BCUT2D eigenvalue weighted by molar-refractivity contribution is -0.124. The van der Waals surface area contributed by atoms with Crippen LogP contribution in [0.5, 0.6) is 5.75 Å². The number of ether oxygens (including phenoxy) is 1. The van der Waals surface area contributed by atoms with Crippen molar-refractivity contribution in [2.45, 2.75) is 63.1 Å². The molecule has 156 valence electrons. The Kier molecular flexibility index (Phi) is 5.51. The van der Waals surface area contributed by atoms with E-state index in [1.165, 1.54) is 12.1 Å². The van der Waals surface area contributed by atoms with Crippen molar-refractivity contribution in [3.63, 3.8) is 0 Å². The maximum atomic E-state index is 13.4. The van der Waals surface area contributed by atoms with E-state index >= 15 is 0 Å². The standard InChI is InChI=1S/C21H25ClFN3O3/c1-12-3-2-4-17(24-12)20(28)26-21-8-13(9-21)18(10-21)25-19(27)11-29-14-5-6-15(22)16(23)7-14/h5-7,12-13,18H,2-4,8-11H2,1H3,(H,25,27)(H,26,28). The molecule has 3 fully saturated rings. The van der Waals surface area contributed by atoms with Gasteiger partial charge in [-0.15, -0.1) is 0 Å².